The monoisotopic (exact) mass is 268 g/mol. The quantitative estimate of drug-likeness (QED) is 0.413. The first kappa shape index (κ1) is 15.5. The summed E-state index contributed by atoms with van der Waals surface area (Å²) >= 11 is 6.15. The third-order valence-corrected chi connectivity index (χ3v) is 3.80. The molecule has 1 aromatic carbocycles. The standard InChI is InChI=1S/C15H25ClN2/c1-3-4-5-6-7-8-15(18-17)13-10-9-12(2)14(16)11-13/h9-11,15,18H,3-8,17H2,1-2H3. The minimum Gasteiger partial charge on any atom is -0.271 e. The molecular weight excluding hydrogens is 244 g/mol. The Morgan fingerprint density at radius 2 is 1.94 bits per heavy atom. The topological polar surface area (TPSA) is 38.0 Å². The predicted octanol–water partition coefficient (Wildman–Crippen LogP) is 4.51. The number of rotatable bonds is 8. The second kappa shape index (κ2) is 8.52. The van der Waals surface area contributed by atoms with Crippen LogP contribution in [0.15, 0.2) is 18.2 Å². The van der Waals surface area contributed by atoms with E-state index in [1.807, 2.05) is 13.0 Å². The highest BCUT2D eigenvalue weighted by molar-refractivity contribution is 6.31. The fourth-order valence-corrected chi connectivity index (χ4v) is 2.31. The Bertz CT molecular complexity index is 352. The van der Waals surface area contributed by atoms with Crippen LogP contribution in [0, 0.1) is 6.92 Å². The van der Waals surface area contributed by atoms with E-state index in [1.165, 1.54) is 37.7 Å². The number of unbranched alkanes of at least 4 members (excludes halogenated alkanes) is 4. The third kappa shape index (κ3) is 4.97. The molecule has 0 saturated carbocycles. The van der Waals surface area contributed by atoms with E-state index in [2.05, 4.69) is 24.5 Å². The number of nitrogens with one attached hydrogen (secondary N) is 1. The molecule has 18 heavy (non-hydrogen) atoms. The summed E-state index contributed by atoms with van der Waals surface area (Å²) in [4.78, 5) is 0. The molecule has 0 aliphatic heterocycles. The highest BCUT2D eigenvalue weighted by atomic mass is 35.5. The van der Waals surface area contributed by atoms with E-state index in [0.29, 0.717) is 0 Å². The molecule has 0 fully saturated rings. The molecule has 2 nitrogen and oxygen atoms in total. The molecule has 102 valence electrons. The van der Waals surface area contributed by atoms with Crippen molar-refractivity contribution >= 4 is 11.6 Å². The molecule has 1 rings (SSSR count). The molecule has 0 radical (unpaired) electrons. The minimum atomic E-state index is 0.213. The normalized spacial score (nSPS) is 12.7. The molecule has 0 amide bonds. The number of benzene rings is 1. The van der Waals surface area contributed by atoms with Crippen molar-refractivity contribution in [1.29, 1.82) is 0 Å². The molecule has 3 N–H and O–H groups in total. The SMILES string of the molecule is CCCCCCCC(NN)c1ccc(C)c(Cl)c1. The van der Waals surface area contributed by atoms with E-state index in [4.69, 9.17) is 17.4 Å². The van der Waals surface area contributed by atoms with Crippen LogP contribution >= 0.6 is 11.6 Å². The summed E-state index contributed by atoms with van der Waals surface area (Å²) in [7, 11) is 0. The summed E-state index contributed by atoms with van der Waals surface area (Å²) in [5.41, 5.74) is 5.19. The van der Waals surface area contributed by atoms with Gasteiger partial charge in [-0.1, -0.05) is 62.8 Å². The third-order valence-electron chi connectivity index (χ3n) is 3.40. The van der Waals surface area contributed by atoms with E-state index in [0.717, 1.165) is 17.0 Å². The lowest BCUT2D eigenvalue weighted by molar-refractivity contribution is 0.479. The summed E-state index contributed by atoms with van der Waals surface area (Å²) < 4.78 is 0. The van der Waals surface area contributed by atoms with E-state index in [9.17, 15) is 0 Å². The van der Waals surface area contributed by atoms with Gasteiger partial charge in [-0.3, -0.25) is 11.3 Å². The molecule has 0 heterocycles. The summed E-state index contributed by atoms with van der Waals surface area (Å²) in [5, 5.41) is 0.818. The Balaban J connectivity index is 2.47. The fraction of sp³-hybridized carbons (Fsp3) is 0.600. The van der Waals surface area contributed by atoms with Crippen molar-refractivity contribution in [3.05, 3.63) is 34.3 Å². The van der Waals surface area contributed by atoms with Gasteiger partial charge in [0.25, 0.3) is 0 Å². The van der Waals surface area contributed by atoms with Crippen LogP contribution < -0.4 is 11.3 Å². The van der Waals surface area contributed by atoms with Gasteiger partial charge in [-0.15, -0.1) is 0 Å². The molecule has 0 spiro atoms. The van der Waals surface area contributed by atoms with Crippen molar-refractivity contribution in [2.24, 2.45) is 5.84 Å². The molecule has 0 bridgehead atoms. The van der Waals surface area contributed by atoms with Gasteiger partial charge in [0, 0.05) is 11.1 Å². The molecule has 1 unspecified atom stereocenters. The maximum absolute atomic E-state index is 6.15. The van der Waals surface area contributed by atoms with Crippen molar-refractivity contribution in [2.45, 2.75) is 58.4 Å². The van der Waals surface area contributed by atoms with Crippen LogP contribution in [0.5, 0.6) is 0 Å². The van der Waals surface area contributed by atoms with Gasteiger partial charge in [-0.05, 0) is 30.5 Å². The molecule has 0 aromatic heterocycles. The van der Waals surface area contributed by atoms with Crippen molar-refractivity contribution < 1.29 is 0 Å². The van der Waals surface area contributed by atoms with Gasteiger partial charge >= 0.3 is 0 Å². The minimum absolute atomic E-state index is 0.213. The van der Waals surface area contributed by atoms with E-state index in [1.54, 1.807) is 0 Å². The first-order valence-electron chi connectivity index (χ1n) is 6.91. The molecule has 3 heteroatoms. The fourth-order valence-electron chi connectivity index (χ4n) is 2.12. The van der Waals surface area contributed by atoms with Crippen LogP contribution in [-0.4, -0.2) is 0 Å². The molecule has 0 aliphatic carbocycles. The Kier molecular flexibility index (Phi) is 7.33. The number of nitrogens with two attached hydrogens (primary N) is 1. The van der Waals surface area contributed by atoms with Crippen molar-refractivity contribution in [2.75, 3.05) is 0 Å². The molecular formula is C15H25ClN2. The number of hydrogen-bond acceptors (Lipinski definition) is 2. The average molecular weight is 269 g/mol. The van der Waals surface area contributed by atoms with Crippen LogP contribution in [0.2, 0.25) is 5.02 Å². The highest BCUT2D eigenvalue weighted by Crippen LogP contribution is 2.24. The second-order valence-electron chi connectivity index (χ2n) is 4.93. The van der Waals surface area contributed by atoms with Gasteiger partial charge in [0.15, 0.2) is 0 Å². The van der Waals surface area contributed by atoms with Crippen molar-refractivity contribution in [3.8, 4) is 0 Å². The van der Waals surface area contributed by atoms with Crippen LogP contribution in [0.25, 0.3) is 0 Å². The largest absolute Gasteiger partial charge is 0.271 e. The average Bonchev–Trinajstić information content (AvgIpc) is 2.37. The number of aryl methyl sites for hydroxylation is 1. The van der Waals surface area contributed by atoms with Crippen LogP contribution in [0.3, 0.4) is 0 Å². The summed E-state index contributed by atoms with van der Waals surface area (Å²) in [5.74, 6) is 5.64. The first-order valence-corrected chi connectivity index (χ1v) is 7.29. The molecule has 1 aromatic rings. The van der Waals surface area contributed by atoms with Gasteiger partial charge in [-0.25, -0.2) is 0 Å². The first-order chi connectivity index (χ1) is 8.69. The summed E-state index contributed by atoms with van der Waals surface area (Å²) in [6.07, 6.45) is 7.50. The Hall–Kier alpha value is -0.570. The number of hydrogen-bond donors (Lipinski definition) is 2. The molecule has 0 aliphatic rings. The maximum atomic E-state index is 6.15. The van der Waals surface area contributed by atoms with Gasteiger partial charge in [0.2, 0.25) is 0 Å². The molecule has 0 saturated heterocycles. The number of halogens is 1. The van der Waals surface area contributed by atoms with Crippen LogP contribution in [0.4, 0.5) is 0 Å². The lowest BCUT2D eigenvalue weighted by Gasteiger charge is -2.17. The van der Waals surface area contributed by atoms with E-state index >= 15 is 0 Å². The Morgan fingerprint density at radius 3 is 2.56 bits per heavy atom. The predicted molar refractivity (Wildman–Crippen MR) is 79.6 cm³/mol. The lowest BCUT2D eigenvalue weighted by atomic mass is 9.99. The zero-order valence-electron chi connectivity index (χ0n) is 11.5. The lowest BCUT2D eigenvalue weighted by Crippen LogP contribution is -2.28. The second-order valence-corrected chi connectivity index (χ2v) is 5.34. The van der Waals surface area contributed by atoms with Gasteiger partial charge in [0.05, 0.1) is 0 Å². The van der Waals surface area contributed by atoms with Crippen LogP contribution in [0.1, 0.15) is 62.6 Å². The van der Waals surface area contributed by atoms with E-state index < -0.39 is 0 Å². The zero-order chi connectivity index (χ0) is 13.4. The molecule has 1 atom stereocenters. The van der Waals surface area contributed by atoms with E-state index in [-0.39, 0.29) is 6.04 Å². The van der Waals surface area contributed by atoms with Gasteiger partial charge in [-0.2, -0.15) is 0 Å². The van der Waals surface area contributed by atoms with Crippen molar-refractivity contribution in [1.82, 2.24) is 5.43 Å². The summed E-state index contributed by atoms with van der Waals surface area (Å²) in [6, 6.07) is 6.40. The summed E-state index contributed by atoms with van der Waals surface area (Å²) in [6.45, 7) is 4.25. The number of hydrazine groups is 1. The Labute approximate surface area is 116 Å². The van der Waals surface area contributed by atoms with Gasteiger partial charge < -0.3 is 0 Å². The van der Waals surface area contributed by atoms with Gasteiger partial charge in [0.1, 0.15) is 0 Å². The van der Waals surface area contributed by atoms with Crippen molar-refractivity contribution in [3.63, 3.8) is 0 Å². The Morgan fingerprint density at radius 1 is 1.22 bits per heavy atom. The maximum Gasteiger partial charge on any atom is 0.0460 e. The highest BCUT2D eigenvalue weighted by Gasteiger charge is 2.10. The van der Waals surface area contributed by atoms with Crippen LogP contribution in [-0.2, 0) is 0 Å². The zero-order valence-corrected chi connectivity index (χ0v) is 12.3. The smallest absolute Gasteiger partial charge is 0.0460 e.